The molecule has 0 fully saturated rings. The highest BCUT2D eigenvalue weighted by Gasteiger charge is 2.34. The van der Waals surface area contributed by atoms with Crippen molar-refractivity contribution in [1.29, 1.82) is 0 Å². The molecule has 0 saturated carbocycles. The second-order valence-corrected chi connectivity index (χ2v) is 4.22. The Kier molecular flexibility index (Phi) is 4.61. The second-order valence-electron chi connectivity index (χ2n) is 3.86. The Morgan fingerprint density at radius 2 is 2.00 bits per heavy atom. The number of ether oxygens (including phenoxy) is 1. The molecule has 0 amide bonds. The Balaban J connectivity index is 3.18. The third kappa shape index (κ3) is 3.63. The van der Waals surface area contributed by atoms with Crippen molar-refractivity contribution in [3.05, 3.63) is 11.5 Å². The van der Waals surface area contributed by atoms with E-state index in [-0.39, 0.29) is 16.7 Å². The molecule has 0 aliphatic heterocycles. The molecule has 0 aromatic carbocycles. The van der Waals surface area contributed by atoms with E-state index in [0.717, 1.165) is 11.2 Å². The summed E-state index contributed by atoms with van der Waals surface area (Å²) >= 11 is 5.77. The van der Waals surface area contributed by atoms with E-state index in [1.54, 1.807) is 13.8 Å². The van der Waals surface area contributed by atoms with Crippen LogP contribution in [0.5, 0.6) is 5.75 Å². The summed E-state index contributed by atoms with van der Waals surface area (Å²) in [6.45, 7) is 2.12. The molecule has 0 unspecified atom stereocenters. The van der Waals surface area contributed by atoms with Gasteiger partial charge in [-0.25, -0.2) is 9.97 Å². The highest BCUT2D eigenvalue weighted by Crippen LogP contribution is 2.34. The molecule has 0 atom stereocenters. The molecule has 1 aromatic heterocycles. The van der Waals surface area contributed by atoms with E-state index in [0.29, 0.717) is 0 Å². The van der Waals surface area contributed by atoms with Crippen LogP contribution in [0.2, 0.25) is 5.15 Å². The van der Waals surface area contributed by atoms with E-state index in [1.165, 1.54) is 7.11 Å². The summed E-state index contributed by atoms with van der Waals surface area (Å²) < 4.78 is 42.5. The second kappa shape index (κ2) is 5.60. The number of methoxy groups -OCH3 is 1. The summed E-state index contributed by atoms with van der Waals surface area (Å²) in [6, 6.07) is -0.411. The fourth-order valence-electron chi connectivity index (χ4n) is 1.42. The maximum absolute atomic E-state index is 12.5. The Hall–Kier alpha value is -1.24. The van der Waals surface area contributed by atoms with E-state index in [4.69, 9.17) is 16.3 Å². The van der Waals surface area contributed by atoms with Gasteiger partial charge in [-0.05, 0) is 13.8 Å². The van der Waals surface area contributed by atoms with Crippen molar-refractivity contribution in [3.8, 4) is 5.75 Å². The number of nitrogens with zero attached hydrogens (tertiary/aromatic N) is 3. The van der Waals surface area contributed by atoms with Crippen LogP contribution in [0, 0.1) is 0 Å². The lowest BCUT2D eigenvalue weighted by atomic mass is 10.3. The van der Waals surface area contributed by atoms with Gasteiger partial charge in [-0.1, -0.05) is 11.6 Å². The van der Waals surface area contributed by atoms with E-state index >= 15 is 0 Å². The molecule has 4 nitrogen and oxygen atoms in total. The van der Waals surface area contributed by atoms with Crippen molar-refractivity contribution >= 4 is 17.4 Å². The molecule has 8 heteroatoms. The van der Waals surface area contributed by atoms with Gasteiger partial charge in [-0.2, -0.15) is 13.2 Å². The van der Waals surface area contributed by atoms with Crippen LogP contribution in [0.3, 0.4) is 0 Å². The SMILES string of the molecule is COc1c(Cl)ncnc1N(CC(F)(F)F)C(C)C. The molecule has 18 heavy (non-hydrogen) atoms. The van der Waals surface area contributed by atoms with E-state index in [2.05, 4.69) is 9.97 Å². The van der Waals surface area contributed by atoms with Crippen LogP contribution in [-0.2, 0) is 0 Å². The lowest BCUT2D eigenvalue weighted by Crippen LogP contribution is -2.40. The average Bonchev–Trinajstić information content (AvgIpc) is 2.24. The van der Waals surface area contributed by atoms with E-state index in [1.807, 2.05) is 0 Å². The Bertz CT molecular complexity index is 412. The smallest absolute Gasteiger partial charge is 0.405 e. The largest absolute Gasteiger partial charge is 0.490 e. The summed E-state index contributed by atoms with van der Waals surface area (Å²) in [4.78, 5) is 8.55. The Labute approximate surface area is 108 Å². The fourth-order valence-corrected chi connectivity index (χ4v) is 1.62. The molecule has 0 aliphatic rings. The number of rotatable bonds is 4. The van der Waals surface area contributed by atoms with Crippen molar-refractivity contribution in [2.75, 3.05) is 18.6 Å². The van der Waals surface area contributed by atoms with Gasteiger partial charge in [0.05, 0.1) is 7.11 Å². The Morgan fingerprint density at radius 3 is 2.44 bits per heavy atom. The van der Waals surface area contributed by atoms with Gasteiger partial charge < -0.3 is 9.64 Å². The van der Waals surface area contributed by atoms with Crippen LogP contribution >= 0.6 is 11.6 Å². The minimum absolute atomic E-state index is 0.0182. The number of anilines is 1. The summed E-state index contributed by atoms with van der Waals surface area (Å²) in [5, 5.41) is -0.0182. The first kappa shape index (κ1) is 14.8. The molecule has 0 radical (unpaired) electrons. The summed E-state index contributed by atoms with van der Waals surface area (Å²) in [6.07, 6.45) is -3.24. The number of hydrogen-bond donors (Lipinski definition) is 0. The first-order valence-corrected chi connectivity index (χ1v) is 5.52. The normalized spacial score (nSPS) is 11.8. The zero-order valence-corrected chi connectivity index (χ0v) is 10.9. The fraction of sp³-hybridized carbons (Fsp3) is 0.600. The molecule has 0 N–H and O–H groups in total. The number of halogens is 4. The standard InChI is InChI=1S/C10H13ClF3N3O/c1-6(2)17(4-10(12,13)14)9-7(18-3)8(11)15-5-16-9/h5-6H,4H2,1-3H3. The van der Waals surface area contributed by atoms with Gasteiger partial charge in [0.25, 0.3) is 0 Å². The maximum Gasteiger partial charge on any atom is 0.405 e. The van der Waals surface area contributed by atoms with Gasteiger partial charge >= 0.3 is 6.18 Å². The summed E-state index contributed by atoms with van der Waals surface area (Å²) in [7, 11) is 1.31. The lowest BCUT2D eigenvalue weighted by molar-refractivity contribution is -0.120. The first-order chi connectivity index (χ1) is 8.26. The van der Waals surface area contributed by atoms with Gasteiger partial charge in [-0.15, -0.1) is 0 Å². The zero-order valence-electron chi connectivity index (χ0n) is 10.1. The monoisotopic (exact) mass is 283 g/mol. The van der Waals surface area contributed by atoms with Gasteiger partial charge in [0.2, 0.25) is 0 Å². The minimum atomic E-state index is -4.34. The third-order valence-corrected chi connectivity index (χ3v) is 2.46. The lowest BCUT2D eigenvalue weighted by Gasteiger charge is -2.29. The Morgan fingerprint density at radius 1 is 1.39 bits per heavy atom. The molecular weight excluding hydrogens is 271 g/mol. The highest BCUT2D eigenvalue weighted by atomic mass is 35.5. The molecule has 1 rings (SSSR count). The number of aromatic nitrogens is 2. The molecule has 1 aromatic rings. The van der Waals surface area contributed by atoms with Crippen molar-refractivity contribution in [1.82, 2.24) is 9.97 Å². The summed E-state index contributed by atoms with van der Waals surface area (Å²) in [5.41, 5.74) is 0. The van der Waals surface area contributed by atoms with Crippen molar-refractivity contribution in [2.24, 2.45) is 0 Å². The predicted molar refractivity (Wildman–Crippen MR) is 62.1 cm³/mol. The van der Waals surface area contributed by atoms with E-state index in [9.17, 15) is 13.2 Å². The maximum atomic E-state index is 12.5. The molecular formula is C10H13ClF3N3O. The topological polar surface area (TPSA) is 38.3 Å². The van der Waals surface area contributed by atoms with Gasteiger partial charge in [0, 0.05) is 6.04 Å². The minimum Gasteiger partial charge on any atom is -0.490 e. The molecule has 0 spiro atoms. The van der Waals surface area contributed by atoms with E-state index < -0.39 is 18.8 Å². The summed E-state index contributed by atoms with van der Waals surface area (Å²) in [5.74, 6) is 0.0712. The molecule has 0 aliphatic carbocycles. The molecule has 0 saturated heterocycles. The van der Waals surface area contributed by atoms with Gasteiger partial charge in [0.1, 0.15) is 12.9 Å². The molecule has 1 heterocycles. The van der Waals surface area contributed by atoms with Gasteiger partial charge in [0.15, 0.2) is 16.7 Å². The first-order valence-electron chi connectivity index (χ1n) is 5.14. The van der Waals surface area contributed by atoms with Crippen LogP contribution < -0.4 is 9.64 Å². The molecule has 0 bridgehead atoms. The van der Waals surface area contributed by atoms with Crippen LogP contribution in [-0.4, -0.2) is 35.8 Å². The molecule has 102 valence electrons. The van der Waals surface area contributed by atoms with Crippen LogP contribution in [0.25, 0.3) is 0 Å². The quantitative estimate of drug-likeness (QED) is 0.797. The number of alkyl halides is 3. The van der Waals surface area contributed by atoms with Crippen LogP contribution in [0.4, 0.5) is 19.0 Å². The van der Waals surface area contributed by atoms with Crippen molar-refractivity contribution in [2.45, 2.75) is 26.1 Å². The van der Waals surface area contributed by atoms with Crippen molar-refractivity contribution in [3.63, 3.8) is 0 Å². The average molecular weight is 284 g/mol. The van der Waals surface area contributed by atoms with Crippen molar-refractivity contribution < 1.29 is 17.9 Å². The highest BCUT2D eigenvalue weighted by molar-refractivity contribution is 6.31. The van der Waals surface area contributed by atoms with Crippen LogP contribution in [0.1, 0.15) is 13.8 Å². The number of hydrogen-bond acceptors (Lipinski definition) is 4. The predicted octanol–water partition coefficient (Wildman–Crippen LogP) is 2.92. The third-order valence-electron chi connectivity index (χ3n) is 2.19. The zero-order chi connectivity index (χ0) is 13.9. The van der Waals surface area contributed by atoms with Gasteiger partial charge in [-0.3, -0.25) is 0 Å². The van der Waals surface area contributed by atoms with Crippen LogP contribution in [0.15, 0.2) is 6.33 Å².